The standard InChI is InChI=1S/C23H38N6.HI/c1-18-9-12-28(13-10-18)22-8-7-19(15-25-22)16-26-23(24-2)27-20-11-14-29(17-20)21-5-3-4-6-21;/h7-8,15,18,20-21H,3-6,9-14,16-17H2,1-2H3,(H2,24,26,27);1H. The molecule has 1 aliphatic carbocycles. The average Bonchev–Trinajstić information content (AvgIpc) is 3.44. The average molecular weight is 527 g/mol. The van der Waals surface area contributed by atoms with Gasteiger partial charge in [-0.2, -0.15) is 0 Å². The highest BCUT2D eigenvalue weighted by Gasteiger charge is 2.30. The zero-order chi connectivity index (χ0) is 20.1. The minimum Gasteiger partial charge on any atom is -0.357 e. The number of pyridine rings is 1. The molecule has 0 aromatic carbocycles. The van der Waals surface area contributed by atoms with Gasteiger partial charge in [0.1, 0.15) is 5.82 Å². The van der Waals surface area contributed by atoms with Crippen LogP contribution in [0.1, 0.15) is 57.4 Å². The first-order valence-corrected chi connectivity index (χ1v) is 11.6. The number of likely N-dealkylation sites (tertiary alicyclic amines) is 1. The Labute approximate surface area is 199 Å². The fourth-order valence-electron chi connectivity index (χ4n) is 5.03. The minimum absolute atomic E-state index is 0. The van der Waals surface area contributed by atoms with Crippen molar-refractivity contribution in [3.8, 4) is 0 Å². The molecular weight excluding hydrogens is 487 g/mol. The van der Waals surface area contributed by atoms with E-state index in [9.17, 15) is 0 Å². The Balaban J connectivity index is 0.00000256. The van der Waals surface area contributed by atoms with Gasteiger partial charge < -0.3 is 15.5 Å². The predicted octanol–water partition coefficient (Wildman–Crippen LogP) is 3.62. The van der Waals surface area contributed by atoms with Crippen molar-refractivity contribution < 1.29 is 0 Å². The lowest BCUT2D eigenvalue weighted by molar-refractivity contribution is 0.242. The van der Waals surface area contributed by atoms with E-state index in [1.807, 2.05) is 13.2 Å². The molecule has 3 heterocycles. The summed E-state index contributed by atoms with van der Waals surface area (Å²) >= 11 is 0. The molecule has 1 atom stereocenters. The van der Waals surface area contributed by atoms with E-state index in [1.54, 1.807) is 0 Å². The second-order valence-corrected chi connectivity index (χ2v) is 9.18. The summed E-state index contributed by atoms with van der Waals surface area (Å²) in [6.07, 6.45) is 11.3. The second kappa shape index (κ2) is 11.5. The van der Waals surface area contributed by atoms with Crippen LogP contribution in [0.4, 0.5) is 5.82 Å². The Morgan fingerprint density at radius 3 is 2.53 bits per heavy atom. The summed E-state index contributed by atoms with van der Waals surface area (Å²) in [7, 11) is 1.86. The zero-order valence-corrected chi connectivity index (χ0v) is 21.0. The van der Waals surface area contributed by atoms with Gasteiger partial charge in [-0.25, -0.2) is 4.98 Å². The van der Waals surface area contributed by atoms with Crippen LogP contribution in [0.2, 0.25) is 0 Å². The topological polar surface area (TPSA) is 55.8 Å². The third kappa shape index (κ3) is 6.22. The van der Waals surface area contributed by atoms with Crippen molar-refractivity contribution in [2.75, 3.05) is 38.1 Å². The van der Waals surface area contributed by atoms with Crippen LogP contribution in [-0.2, 0) is 6.54 Å². The molecule has 0 amide bonds. The Kier molecular flexibility index (Phi) is 9.04. The fourth-order valence-corrected chi connectivity index (χ4v) is 5.03. The Hall–Kier alpha value is -1.09. The third-order valence-electron chi connectivity index (χ3n) is 7.00. The van der Waals surface area contributed by atoms with E-state index >= 15 is 0 Å². The number of guanidine groups is 1. The lowest BCUT2D eigenvalue weighted by Gasteiger charge is -2.31. The van der Waals surface area contributed by atoms with Crippen molar-refractivity contribution >= 4 is 35.8 Å². The molecule has 1 aromatic rings. The third-order valence-corrected chi connectivity index (χ3v) is 7.00. The van der Waals surface area contributed by atoms with E-state index in [-0.39, 0.29) is 24.0 Å². The largest absolute Gasteiger partial charge is 0.357 e. The number of aliphatic imine (C=N–C) groups is 1. The lowest BCUT2D eigenvalue weighted by Crippen LogP contribution is -2.45. The van der Waals surface area contributed by atoms with Crippen molar-refractivity contribution in [3.63, 3.8) is 0 Å². The van der Waals surface area contributed by atoms with Gasteiger partial charge in [0.05, 0.1) is 0 Å². The molecule has 4 rings (SSSR count). The van der Waals surface area contributed by atoms with Gasteiger partial charge in [-0.1, -0.05) is 25.8 Å². The van der Waals surface area contributed by atoms with Crippen LogP contribution in [0.15, 0.2) is 23.3 Å². The van der Waals surface area contributed by atoms with Gasteiger partial charge in [0.15, 0.2) is 5.96 Å². The van der Waals surface area contributed by atoms with E-state index in [4.69, 9.17) is 4.98 Å². The molecule has 3 aliphatic rings. The first-order chi connectivity index (χ1) is 14.2. The molecule has 1 aromatic heterocycles. The highest BCUT2D eigenvalue weighted by Crippen LogP contribution is 2.26. The molecule has 7 heteroatoms. The maximum atomic E-state index is 4.71. The number of nitrogens with one attached hydrogen (secondary N) is 2. The normalized spacial score (nSPS) is 24.1. The molecule has 1 saturated carbocycles. The van der Waals surface area contributed by atoms with Crippen molar-refractivity contribution in [2.24, 2.45) is 10.9 Å². The van der Waals surface area contributed by atoms with Gasteiger partial charge >= 0.3 is 0 Å². The van der Waals surface area contributed by atoms with Gasteiger partial charge in [0, 0.05) is 58.1 Å². The van der Waals surface area contributed by atoms with Crippen LogP contribution >= 0.6 is 24.0 Å². The maximum Gasteiger partial charge on any atom is 0.191 e. The Morgan fingerprint density at radius 2 is 1.87 bits per heavy atom. The molecule has 2 aliphatic heterocycles. The number of rotatable bonds is 5. The van der Waals surface area contributed by atoms with Crippen LogP contribution in [-0.4, -0.2) is 61.2 Å². The van der Waals surface area contributed by atoms with E-state index in [0.29, 0.717) is 6.04 Å². The fraction of sp³-hybridized carbons (Fsp3) is 0.739. The molecule has 2 saturated heterocycles. The summed E-state index contributed by atoms with van der Waals surface area (Å²) in [5, 5.41) is 7.09. The quantitative estimate of drug-likeness (QED) is 0.349. The molecule has 6 nitrogen and oxygen atoms in total. The maximum absolute atomic E-state index is 4.71. The van der Waals surface area contributed by atoms with E-state index in [2.05, 4.69) is 44.5 Å². The van der Waals surface area contributed by atoms with Gasteiger partial charge in [0.25, 0.3) is 0 Å². The minimum atomic E-state index is 0. The molecule has 168 valence electrons. The number of hydrogen-bond donors (Lipinski definition) is 2. The van der Waals surface area contributed by atoms with Gasteiger partial charge in [-0.3, -0.25) is 9.89 Å². The van der Waals surface area contributed by atoms with Crippen molar-refractivity contribution in [2.45, 2.75) is 70.5 Å². The van der Waals surface area contributed by atoms with E-state index in [0.717, 1.165) is 49.9 Å². The molecule has 30 heavy (non-hydrogen) atoms. The van der Waals surface area contributed by atoms with E-state index < -0.39 is 0 Å². The molecular formula is C23H39IN6. The number of hydrogen-bond acceptors (Lipinski definition) is 4. The number of piperidine rings is 1. The van der Waals surface area contributed by atoms with Gasteiger partial charge in [-0.15, -0.1) is 24.0 Å². The highest BCUT2D eigenvalue weighted by molar-refractivity contribution is 14.0. The Morgan fingerprint density at radius 1 is 1.10 bits per heavy atom. The SMILES string of the molecule is CN=C(NCc1ccc(N2CCC(C)CC2)nc1)NC1CCN(C2CCCC2)C1.I. The molecule has 0 bridgehead atoms. The molecule has 1 unspecified atom stereocenters. The van der Waals surface area contributed by atoms with Gasteiger partial charge in [-0.05, 0) is 49.7 Å². The summed E-state index contributed by atoms with van der Waals surface area (Å²) < 4.78 is 0. The monoisotopic (exact) mass is 526 g/mol. The van der Waals surface area contributed by atoms with Crippen molar-refractivity contribution in [1.29, 1.82) is 0 Å². The molecule has 0 radical (unpaired) electrons. The van der Waals surface area contributed by atoms with Crippen LogP contribution in [0.3, 0.4) is 0 Å². The summed E-state index contributed by atoms with van der Waals surface area (Å²) in [5.74, 6) is 2.86. The van der Waals surface area contributed by atoms with E-state index in [1.165, 1.54) is 57.1 Å². The number of nitrogens with zero attached hydrogens (tertiary/aromatic N) is 4. The summed E-state index contributed by atoms with van der Waals surface area (Å²) in [4.78, 5) is 14.2. The van der Waals surface area contributed by atoms with Crippen LogP contribution < -0.4 is 15.5 Å². The van der Waals surface area contributed by atoms with Crippen LogP contribution in [0, 0.1) is 5.92 Å². The van der Waals surface area contributed by atoms with Gasteiger partial charge in [0.2, 0.25) is 0 Å². The number of aromatic nitrogens is 1. The van der Waals surface area contributed by atoms with Crippen LogP contribution in [0.25, 0.3) is 0 Å². The van der Waals surface area contributed by atoms with Crippen LogP contribution in [0.5, 0.6) is 0 Å². The lowest BCUT2D eigenvalue weighted by atomic mass is 9.99. The first kappa shape index (κ1) is 23.6. The summed E-state index contributed by atoms with van der Waals surface area (Å²) in [5.41, 5.74) is 1.20. The number of halogens is 1. The zero-order valence-electron chi connectivity index (χ0n) is 18.6. The smallest absolute Gasteiger partial charge is 0.191 e. The molecule has 0 spiro atoms. The number of anilines is 1. The Bertz CT molecular complexity index is 665. The highest BCUT2D eigenvalue weighted by atomic mass is 127. The molecule has 3 fully saturated rings. The second-order valence-electron chi connectivity index (χ2n) is 9.18. The molecule has 2 N–H and O–H groups in total. The van der Waals surface area contributed by atoms with Crippen molar-refractivity contribution in [1.82, 2.24) is 20.5 Å². The first-order valence-electron chi connectivity index (χ1n) is 11.6. The predicted molar refractivity (Wildman–Crippen MR) is 136 cm³/mol. The van der Waals surface area contributed by atoms with Crippen molar-refractivity contribution in [3.05, 3.63) is 23.9 Å². The summed E-state index contributed by atoms with van der Waals surface area (Å²) in [6, 6.07) is 5.69. The summed E-state index contributed by atoms with van der Waals surface area (Å²) in [6.45, 7) is 7.72.